The molecule has 0 radical (unpaired) electrons. The quantitative estimate of drug-likeness (QED) is 0.829. The van der Waals surface area contributed by atoms with Crippen molar-refractivity contribution in [3.63, 3.8) is 0 Å². The average Bonchev–Trinajstić information content (AvgIpc) is 2.28. The van der Waals surface area contributed by atoms with Crippen molar-refractivity contribution in [1.82, 2.24) is 9.71 Å². The third kappa shape index (κ3) is 1.71. The molecule has 2 aromatic rings. The van der Waals surface area contributed by atoms with Crippen LogP contribution in [0.15, 0.2) is 41.6 Å². The molecule has 1 heterocycles. The van der Waals surface area contributed by atoms with E-state index in [2.05, 4.69) is 9.71 Å². The Kier molecular flexibility index (Phi) is 2.42. The zero-order valence-corrected chi connectivity index (χ0v) is 8.95. The maximum atomic E-state index is 11.7. The molecule has 0 atom stereocenters. The molecule has 2 rings (SSSR count). The van der Waals surface area contributed by atoms with E-state index < -0.39 is 10.0 Å². The van der Waals surface area contributed by atoms with E-state index in [1.807, 2.05) is 6.07 Å². The van der Waals surface area contributed by atoms with E-state index in [1.54, 1.807) is 30.6 Å². The van der Waals surface area contributed by atoms with Gasteiger partial charge in [0.05, 0.1) is 4.90 Å². The minimum absolute atomic E-state index is 0.260. The van der Waals surface area contributed by atoms with Gasteiger partial charge in [-0.1, -0.05) is 12.1 Å². The highest BCUT2D eigenvalue weighted by Crippen LogP contribution is 2.21. The van der Waals surface area contributed by atoms with Crippen molar-refractivity contribution in [3.8, 4) is 0 Å². The van der Waals surface area contributed by atoms with Crippen molar-refractivity contribution in [1.29, 1.82) is 0 Å². The SMILES string of the molecule is CNS(=O)(=O)c1cccc2ccncc12. The van der Waals surface area contributed by atoms with Crippen molar-refractivity contribution < 1.29 is 8.42 Å². The van der Waals surface area contributed by atoms with Gasteiger partial charge in [-0.25, -0.2) is 13.1 Å². The fraction of sp³-hybridized carbons (Fsp3) is 0.100. The monoisotopic (exact) mass is 222 g/mol. The summed E-state index contributed by atoms with van der Waals surface area (Å²) in [6, 6.07) is 6.91. The summed E-state index contributed by atoms with van der Waals surface area (Å²) in [5.74, 6) is 0. The van der Waals surface area contributed by atoms with Crippen LogP contribution in [0.5, 0.6) is 0 Å². The first kappa shape index (κ1) is 10.1. The molecule has 5 heteroatoms. The molecule has 0 saturated carbocycles. The van der Waals surface area contributed by atoms with Crippen molar-refractivity contribution in [2.45, 2.75) is 4.90 Å². The zero-order valence-electron chi connectivity index (χ0n) is 8.14. The fourth-order valence-corrected chi connectivity index (χ4v) is 2.37. The predicted octanol–water partition coefficient (Wildman–Crippen LogP) is 1.14. The van der Waals surface area contributed by atoms with Crippen LogP contribution in [0.2, 0.25) is 0 Å². The lowest BCUT2D eigenvalue weighted by Crippen LogP contribution is -2.18. The average molecular weight is 222 g/mol. The molecule has 0 unspecified atom stereocenters. The molecule has 1 aromatic heterocycles. The van der Waals surface area contributed by atoms with Crippen LogP contribution in [0, 0.1) is 0 Å². The van der Waals surface area contributed by atoms with Gasteiger partial charge in [-0.3, -0.25) is 4.98 Å². The lowest BCUT2D eigenvalue weighted by atomic mass is 10.2. The van der Waals surface area contributed by atoms with Gasteiger partial charge in [-0.2, -0.15) is 0 Å². The summed E-state index contributed by atoms with van der Waals surface area (Å²) in [7, 11) is -2.02. The van der Waals surface area contributed by atoms with E-state index in [9.17, 15) is 8.42 Å². The van der Waals surface area contributed by atoms with Gasteiger partial charge >= 0.3 is 0 Å². The Balaban J connectivity index is 2.83. The number of sulfonamides is 1. The number of hydrogen-bond acceptors (Lipinski definition) is 3. The molecule has 0 fully saturated rings. The minimum atomic E-state index is -3.41. The van der Waals surface area contributed by atoms with Crippen LogP contribution in [0.25, 0.3) is 10.8 Å². The highest BCUT2D eigenvalue weighted by molar-refractivity contribution is 7.89. The van der Waals surface area contributed by atoms with Crippen LogP contribution < -0.4 is 4.72 Å². The zero-order chi connectivity index (χ0) is 10.9. The van der Waals surface area contributed by atoms with Gasteiger partial charge < -0.3 is 0 Å². The van der Waals surface area contributed by atoms with Gasteiger partial charge in [0.2, 0.25) is 10.0 Å². The standard InChI is InChI=1S/C10H10N2O2S/c1-11-15(13,14)10-4-2-3-8-5-6-12-7-9(8)10/h2-7,11H,1H3. The lowest BCUT2D eigenvalue weighted by molar-refractivity contribution is 0.589. The Morgan fingerprint density at radius 1 is 1.27 bits per heavy atom. The van der Waals surface area contributed by atoms with Crippen molar-refractivity contribution >= 4 is 20.8 Å². The highest BCUT2D eigenvalue weighted by Gasteiger charge is 2.14. The van der Waals surface area contributed by atoms with Crippen LogP contribution in [-0.4, -0.2) is 20.4 Å². The second-order valence-electron chi connectivity index (χ2n) is 3.06. The van der Waals surface area contributed by atoms with Crippen LogP contribution in [0.1, 0.15) is 0 Å². The molecule has 78 valence electrons. The Morgan fingerprint density at radius 3 is 2.80 bits per heavy atom. The first-order valence-corrected chi connectivity index (χ1v) is 5.90. The summed E-state index contributed by atoms with van der Waals surface area (Å²) in [6.45, 7) is 0. The minimum Gasteiger partial charge on any atom is -0.264 e. The topological polar surface area (TPSA) is 59.1 Å². The van der Waals surface area contributed by atoms with Gasteiger partial charge in [0.25, 0.3) is 0 Å². The van der Waals surface area contributed by atoms with Crippen molar-refractivity contribution in [2.24, 2.45) is 0 Å². The number of benzene rings is 1. The van der Waals surface area contributed by atoms with Gasteiger partial charge in [-0.05, 0) is 24.6 Å². The molecule has 0 saturated heterocycles. The molecule has 0 aliphatic heterocycles. The Labute approximate surface area is 88.0 Å². The van der Waals surface area contributed by atoms with E-state index in [1.165, 1.54) is 7.05 Å². The van der Waals surface area contributed by atoms with E-state index in [0.29, 0.717) is 5.39 Å². The third-order valence-electron chi connectivity index (χ3n) is 2.20. The van der Waals surface area contributed by atoms with Crippen molar-refractivity contribution in [2.75, 3.05) is 7.05 Å². The number of nitrogens with one attached hydrogen (secondary N) is 1. The van der Waals surface area contributed by atoms with Gasteiger partial charge in [0.15, 0.2) is 0 Å². The van der Waals surface area contributed by atoms with Crippen LogP contribution in [0.4, 0.5) is 0 Å². The fourth-order valence-electron chi connectivity index (χ4n) is 1.43. The predicted molar refractivity (Wildman–Crippen MR) is 58.0 cm³/mol. The molecule has 1 aromatic carbocycles. The second kappa shape index (κ2) is 3.60. The number of aromatic nitrogens is 1. The van der Waals surface area contributed by atoms with Crippen LogP contribution >= 0.6 is 0 Å². The van der Waals surface area contributed by atoms with Crippen molar-refractivity contribution in [3.05, 3.63) is 36.7 Å². The lowest BCUT2D eigenvalue weighted by Gasteiger charge is -2.05. The first-order valence-electron chi connectivity index (χ1n) is 4.41. The number of rotatable bonds is 2. The number of pyridine rings is 1. The third-order valence-corrected chi connectivity index (χ3v) is 3.67. The van der Waals surface area contributed by atoms with Gasteiger partial charge in [0, 0.05) is 17.8 Å². The summed E-state index contributed by atoms with van der Waals surface area (Å²) >= 11 is 0. The molecule has 0 aliphatic rings. The van der Waals surface area contributed by atoms with Crippen LogP contribution in [0.3, 0.4) is 0 Å². The largest absolute Gasteiger partial charge is 0.264 e. The van der Waals surface area contributed by atoms with Gasteiger partial charge in [0.1, 0.15) is 0 Å². The molecule has 0 aliphatic carbocycles. The molecular formula is C10H10N2O2S. The summed E-state index contributed by atoms with van der Waals surface area (Å²) in [4.78, 5) is 4.19. The first-order chi connectivity index (χ1) is 7.15. The highest BCUT2D eigenvalue weighted by atomic mass is 32.2. The normalized spacial score (nSPS) is 11.8. The smallest absolute Gasteiger partial charge is 0.240 e. The molecule has 1 N–H and O–H groups in total. The van der Waals surface area contributed by atoms with Crippen LogP contribution in [-0.2, 0) is 10.0 Å². The second-order valence-corrected chi connectivity index (χ2v) is 4.92. The summed E-state index contributed by atoms with van der Waals surface area (Å²) in [6.07, 6.45) is 3.19. The van der Waals surface area contributed by atoms with E-state index in [-0.39, 0.29) is 4.90 Å². The molecule has 0 bridgehead atoms. The molecule has 15 heavy (non-hydrogen) atoms. The summed E-state index contributed by atoms with van der Waals surface area (Å²) in [5, 5.41) is 1.50. The number of fused-ring (bicyclic) bond motifs is 1. The summed E-state index contributed by atoms with van der Waals surface area (Å²) < 4.78 is 25.6. The van der Waals surface area contributed by atoms with Gasteiger partial charge in [-0.15, -0.1) is 0 Å². The Bertz CT molecular complexity index is 588. The van der Waals surface area contributed by atoms with E-state index in [0.717, 1.165) is 5.39 Å². The van der Waals surface area contributed by atoms with E-state index in [4.69, 9.17) is 0 Å². The Morgan fingerprint density at radius 2 is 2.07 bits per heavy atom. The number of hydrogen-bond donors (Lipinski definition) is 1. The molecule has 0 spiro atoms. The summed E-state index contributed by atoms with van der Waals surface area (Å²) in [5.41, 5.74) is 0. The number of nitrogens with zero attached hydrogens (tertiary/aromatic N) is 1. The van der Waals surface area contributed by atoms with E-state index >= 15 is 0 Å². The maximum absolute atomic E-state index is 11.7. The molecular weight excluding hydrogens is 212 g/mol. The molecule has 0 amide bonds. The molecule has 4 nitrogen and oxygen atoms in total. The Hall–Kier alpha value is -1.46. The maximum Gasteiger partial charge on any atom is 0.240 e.